The number of esters is 3. The third-order valence-electron chi connectivity index (χ3n) is 12.4. The third kappa shape index (κ3) is 50.6. The van der Waals surface area contributed by atoms with E-state index in [4.69, 9.17) is 14.2 Å². The van der Waals surface area contributed by atoms with Gasteiger partial charge in [-0.05, 0) is 64.2 Å². The molecule has 0 aromatic carbocycles. The molecule has 0 amide bonds. The molecule has 0 heterocycles. The Hall–Kier alpha value is -2.37. The van der Waals surface area contributed by atoms with Crippen molar-refractivity contribution in [3.63, 3.8) is 0 Å². The summed E-state index contributed by atoms with van der Waals surface area (Å²) in [5.41, 5.74) is 0. The smallest absolute Gasteiger partial charge is 0.306 e. The highest BCUT2D eigenvalue weighted by Crippen LogP contribution is 2.16. The maximum atomic E-state index is 12.8. The van der Waals surface area contributed by atoms with Crippen molar-refractivity contribution in [2.45, 2.75) is 303 Å². The zero-order valence-corrected chi connectivity index (χ0v) is 42.8. The van der Waals surface area contributed by atoms with Crippen molar-refractivity contribution in [1.29, 1.82) is 0 Å². The Kier molecular flexibility index (Phi) is 51.3. The zero-order chi connectivity index (χ0) is 46.5. The summed E-state index contributed by atoms with van der Waals surface area (Å²) in [5.74, 6) is -0.898. The van der Waals surface area contributed by atoms with E-state index in [2.05, 4.69) is 57.2 Å². The molecule has 0 spiro atoms. The maximum absolute atomic E-state index is 12.8. The van der Waals surface area contributed by atoms with Crippen LogP contribution in [-0.4, -0.2) is 37.2 Å². The first-order valence-electron chi connectivity index (χ1n) is 28.0. The van der Waals surface area contributed by atoms with Gasteiger partial charge >= 0.3 is 17.9 Å². The molecule has 1 atom stereocenters. The zero-order valence-electron chi connectivity index (χ0n) is 42.8. The van der Waals surface area contributed by atoms with Gasteiger partial charge in [-0.15, -0.1) is 0 Å². The molecule has 0 aliphatic carbocycles. The highest BCUT2D eigenvalue weighted by Gasteiger charge is 2.19. The van der Waals surface area contributed by atoms with E-state index in [0.717, 1.165) is 70.6 Å². The van der Waals surface area contributed by atoms with Crippen molar-refractivity contribution >= 4 is 17.9 Å². The van der Waals surface area contributed by atoms with Crippen LogP contribution in [0.1, 0.15) is 297 Å². The van der Waals surface area contributed by atoms with Crippen LogP contribution < -0.4 is 0 Å². The minimum absolute atomic E-state index is 0.0790. The fourth-order valence-corrected chi connectivity index (χ4v) is 8.12. The monoisotopic (exact) mass is 899 g/mol. The second-order valence-corrected chi connectivity index (χ2v) is 18.9. The number of hydrogen-bond acceptors (Lipinski definition) is 6. The Labute approximate surface area is 397 Å². The standard InChI is InChI=1S/C58H106O6/c1-4-7-10-13-16-19-22-24-26-28-30-31-33-36-39-42-45-48-51-57(60)63-54-55(53-62-56(59)50-47-44-41-38-35-21-18-15-12-9-6-3)64-58(61)52-49-46-43-40-37-34-32-29-27-25-23-20-17-14-11-8-5-2/h15,18,21,25,27,35,55H,4-14,16-17,19-20,22-24,26,28-34,36-54H2,1-3H3/b18-15-,27-25-,35-21-. The van der Waals surface area contributed by atoms with E-state index in [-0.39, 0.29) is 31.1 Å². The van der Waals surface area contributed by atoms with Gasteiger partial charge in [0.1, 0.15) is 13.2 Å². The van der Waals surface area contributed by atoms with Crippen LogP contribution in [0.3, 0.4) is 0 Å². The van der Waals surface area contributed by atoms with Crippen LogP contribution in [0, 0.1) is 0 Å². The van der Waals surface area contributed by atoms with Crippen LogP contribution in [0.5, 0.6) is 0 Å². The molecule has 1 unspecified atom stereocenters. The molecule has 0 fully saturated rings. The van der Waals surface area contributed by atoms with E-state index in [9.17, 15) is 14.4 Å². The topological polar surface area (TPSA) is 78.9 Å². The van der Waals surface area contributed by atoms with Crippen LogP contribution in [0.4, 0.5) is 0 Å². The minimum atomic E-state index is -0.781. The van der Waals surface area contributed by atoms with Gasteiger partial charge in [-0.1, -0.05) is 250 Å². The van der Waals surface area contributed by atoms with Crippen LogP contribution in [0.2, 0.25) is 0 Å². The molecule has 0 saturated carbocycles. The number of allylic oxidation sites excluding steroid dienone is 6. The lowest BCUT2D eigenvalue weighted by molar-refractivity contribution is -0.167. The Morgan fingerprint density at radius 1 is 0.312 bits per heavy atom. The lowest BCUT2D eigenvalue weighted by atomic mass is 10.0. The Morgan fingerprint density at radius 3 is 0.938 bits per heavy atom. The van der Waals surface area contributed by atoms with Crippen molar-refractivity contribution in [3.8, 4) is 0 Å². The lowest BCUT2D eigenvalue weighted by Crippen LogP contribution is -2.30. The minimum Gasteiger partial charge on any atom is -0.462 e. The van der Waals surface area contributed by atoms with Crippen LogP contribution in [0.15, 0.2) is 36.5 Å². The summed E-state index contributed by atoms with van der Waals surface area (Å²) in [6.07, 6.45) is 62.8. The highest BCUT2D eigenvalue weighted by atomic mass is 16.6. The van der Waals surface area contributed by atoms with Crippen molar-refractivity contribution in [2.75, 3.05) is 13.2 Å². The Morgan fingerprint density at radius 2 is 0.578 bits per heavy atom. The van der Waals surface area contributed by atoms with Gasteiger partial charge in [0, 0.05) is 19.3 Å². The molecule has 0 aliphatic rings. The van der Waals surface area contributed by atoms with Crippen LogP contribution >= 0.6 is 0 Å². The molecular weight excluding hydrogens is 793 g/mol. The number of rotatable bonds is 51. The van der Waals surface area contributed by atoms with Gasteiger partial charge in [-0.3, -0.25) is 14.4 Å². The van der Waals surface area contributed by atoms with Crippen molar-refractivity contribution in [2.24, 2.45) is 0 Å². The van der Waals surface area contributed by atoms with Crippen LogP contribution in [0.25, 0.3) is 0 Å². The molecule has 64 heavy (non-hydrogen) atoms. The average Bonchev–Trinajstić information content (AvgIpc) is 3.29. The van der Waals surface area contributed by atoms with Crippen LogP contribution in [-0.2, 0) is 28.6 Å². The first-order valence-corrected chi connectivity index (χ1v) is 28.0. The van der Waals surface area contributed by atoms with E-state index >= 15 is 0 Å². The normalized spacial score (nSPS) is 12.2. The van der Waals surface area contributed by atoms with Crippen molar-refractivity contribution in [3.05, 3.63) is 36.5 Å². The quantitative estimate of drug-likeness (QED) is 0.0199. The van der Waals surface area contributed by atoms with Gasteiger partial charge in [-0.2, -0.15) is 0 Å². The predicted octanol–water partition coefficient (Wildman–Crippen LogP) is 18.5. The lowest BCUT2D eigenvalue weighted by Gasteiger charge is -2.18. The summed E-state index contributed by atoms with van der Waals surface area (Å²) in [6.45, 7) is 6.59. The van der Waals surface area contributed by atoms with Gasteiger partial charge in [0.05, 0.1) is 0 Å². The fourth-order valence-electron chi connectivity index (χ4n) is 8.12. The first-order chi connectivity index (χ1) is 31.5. The SMILES string of the molecule is CCCC/C=C\C=C/CCCCCC(=O)OCC(COC(=O)CCCCCCCCCCCCCCCCCCCC)OC(=O)CCCCCCCCC/C=C\CCCCCCCC. The maximum Gasteiger partial charge on any atom is 0.306 e. The fraction of sp³-hybridized carbons (Fsp3) is 0.845. The largest absolute Gasteiger partial charge is 0.462 e. The van der Waals surface area contributed by atoms with Gasteiger partial charge in [0.2, 0.25) is 0 Å². The molecule has 6 nitrogen and oxygen atoms in total. The second kappa shape index (κ2) is 53.2. The van der Waals surface area contributed by atoms with Crippen molar-refractivity contribution in [1.82, 2.24) is 0 Å². The Balaban J connectivity index is 4.32. The number of carbonyl (C=O) groups is 3. The van der Waals surface area contributed by atoms with E-state index in [1.54, 1.807) is 0 Å². The number of unbranched alkanes of at least 4 members (excludes halogenated alkanes) is 35. The number of carbonyl (C=O) groups excluding carboxylic acids is 3. The van der Waals surface area contributed by atoms with Gasteiger partial charge < -0.3 is 14.2 Å². The molecule has 6 heteroatoms. The molecule has 0 aromatic rings. The highest BCUT2D eigenvalue weighted by molar-refractivity contribution is 5.71. The number of ether oxygens (including phenoxy) is 3. The van der Waals surface area contributed by atoms with Gasteiger partial charge in [0.15, 0.2) is 6.10 Å². The first kappa shape index (κ1) is 61.6. The molecule has 0 bridgehead atoms. The summed E-state index contributed by atoms with van der Waals surface area (Å²) in [7, 11) is 0. The van der Waals surface area contributed by atoms with Gasteiger partial charge in [0.25, 0.3) is 0 Å². The molecule has 0 aliphatic heterocycles. The summed E-state index contributed by atoms with van der Waals surface area (Å²) in [4.78, 5) is 38.0. The molecule has 374 valence electrons. The summed E-state index contributed by atoms with van der Waals surface area (Å²) in [6, 6.07) is 0. The molecule has 0 rings (SSSR count). The summed E-state index contributed by atoms with van der Waals surface area (Å²) in [5, 5.41) is 0. The van der Waals surface area contributed by atoms with E-state index in [1.807, 2.05) is 0 Å². The molecule has 0 saturated heterocycles. The molecular formula is C58H106O6. The average molecular weight is 899 g/mol. The third-order valence-corrected chi connectivity index (χ3v) is 12.4. The van der Waals surface area contributed by atoms with Crippen molar-refractivity contribution < 1.29 is 28.6 Å². The Bertz CT molecular complexity index is 1080. The van der Waals surface area contributed by atoms with E-state index < -0.39 is 6.10 Å². The molecule has 0 N–H and O–H groups in total. The molecule has 0 aromatic heterocycles. The van der Waals surface area contributed by atoms with E-state index in [0.29, 0.717) is 19.3 Å². The summed E-state index contributed by atoms with van der Waals surface area (Å²) >= 11 is 0. The predicted molar refractivity (Wildman–Crippen MR) is 275 cm³/mol. The summed E-state index contributed by atoms with van der Waals surface area (Å²) < 4.78 is 16.8. The number of hydrogen-bond donors (Lipinski definition) is 0. The van der Waals surface area contributed by atoms with E-state index in [1.165, 1.54) is 186 Å². The second-order valence-electron chi connectivity index (χ2n) is 18.9. The van der Waals surface area contributed by atoms with Gasteiger partial charge in [-0.25, -0.2) is 0 Å². The molecule has 0 radical (unpaired) electrons.